The molecule has 0 amide bonds. The third-order valence-electron chi connectivity index (χ3n) is 4.01. The molecule has 1 aromatic carbocycles. The lowest BCUT2D eigenvalue weighted by molar-refractivity contribution is 0.223. The molecule has 4 heteroatoms. The molecule has 2 aromatic rings. The van der Waals surface area contributed by atoms with Crippen molar-refractivity contribution in [3.63, 3.8) is 0 Å². The van der Waals surface area contributed by atoms with Crippen LogP contribution >= 0.6 is 0 Å². The first-order valence-corrected chi connectivity index (χ1v) is 7.87. The van der Waals surface area contributed by atoms with Crippen LogP contribution in [0.2, 0.25) is 0 Å². The van der Waals surface area contributed by atoms with Gasteiger partial charge in [0.1, 0.15) is 17.7 Å². The number of nitrogens with zero attached hydrogens (tertiary/aromatic N) is 1. The minimum atomic E-state index is 0.274. The molecule has 2 heterocycles. The van der Waals surface area contributed by atoms with Crippen molar-refractivity contribution in [3.8, 4) is 17.0 Å². The summed E-state index contributed by atoms with van der Waals surface area (Å²) in [4.78, 5) is 4.45. The third-order valence-corrected chi connectivity index (χ3v) is 4.01. The van der Waals surface area contributed by atoms with Gasteiger partial charge in [0.25, 0.3) is 0 Å². The van der Waals surface area contributed by atoms with Crippen LogP contribution in [0.5, 0.6) is 5.75 Å². The van der Waals surface area contributed by atoms with Gasteiger partial charge in [-0.3, -0.25) is 0 Å². The van der Waals surface area contributed by atoms with E-state index < -0.39 is 0 Å². The number of rotatable bonds is 4. The SMILES string of the molecule is CC(C)c1cc(OC2CCNC2)ccc1-c1cccc(N)n1. The van der Waals surface area contributed by atoms with E-state index in [4.69, 9.17) is 10.5 Å². The standard InChI is InChI=1S/C18H23N3O/c1-12(2)16-10-13(22-14-8-9-20-11-14)6-7-15(16)17-4-3-5-18(19)21-17/h3-7,10,12,14,20H,8-9,11H2,1-2H3,(H2,19,21). The molecule has 1 fully saturated rings. The fourth-order valence-electron chi connectivity index (χ4n) is 2.85. The quantitative estimate of drug-likeness (QED) is 0.910. The summed E-state index contributed by atoms with van der Waals surface area (Å²) in [6, 6.07) is 12.0. The van der Waals surface area contributed by atoms with E-state index in [2.05, 4.69) is 36.3 Å². The summed E-state index contributed by atoms with van der Waals surface area (Å²) in [5, 5.41) is 3.32. The molecule has 1 aliphatic rings. The number of pyridine rings is 1. The molecule has 22 heavy (non-hydrogen) atoms. The maximum atomic E-state index is 6.07. The lowest BCUT2D eigenvalue weighted by atomic mass is 9.94. The van der Waals surface area contributed by atoms with Gasteiger partial charge in [-0.1, -0.05) is 19.9 Å². The van der Waals surface area contributed by atoms with Gasteiger partial charge in [-0.2, -0.15) is 0 Å². The Kier molecular flexibility index (Phi) is 4.29. The number of nitrogens with two attached hydrogens (primary N) is 1. The molecule has 1 atom stereocenters. The Balaban J connectivity index is 1.93. The van der Waals surface area contributed by atoms with Crippen LogP contribution < -0.4 is 15.8 Å². The summed E-state index contributed by atoms with van der Waals surface area (Å²) >= 11 is 0. The minimum absolute atomic E-state index is 0.274. The molecule has 1 aliphatic heterocycles. The number of nitrogen functional groups attached to an aromatic ring is 1. The van der Waals surface area contributed by atoms with Crippen molar-refractivity contribution in [1.82, 2.24) is 10.3 Å². The Bertz CT molecular complexity index is 649. The highest BCUT2D eigenvalue weighted by molar-refractivity contribution is 5.67. The Morgan fingerprint density at radius 2 is 2.14 bits per heavy atom. The number of hydrogen-bond donors (Lipinski definition) is 2. The van der Waals surface area contributed by atoms with Crippen molar-refractivity contribution in [3.05, 3.63) is 42.0 Å². The molecule has 1 aromatic heterocycles. The number of anilines is 1. The van der Waals surface area contributed by atoms with E-state index in [1.54, 1.807) is 0 Å². The van der Waals surface area contributed by atoms with Gasteiger partial charge >= 0.3 is 0 Å². The van der Waals surface area contributed by atoms with Crippen LogP contribution in [0.1, 0.15) is 31.7 Å². The smallest absolute Gasteiger partial charge is 0.124 e. The maximum absolute atomic E-state index is 6.07. The Hall–Kier alpha value is -2.07. The molecule has 0 aliphatic carbocycles. The maximum Gasteiger partial charge on any atom is 0.124 e. The fourth-order valence-corrected chi connectivity index (χ4v) is 2.85. The number of aromatic nitrogens is 1. The summed E-state index contributed by atoms with van der Waals surface area (Å²) in [5.74, 6) is 1.87. The Morgan fingerprint density at radius 1 is 1.27 bits per heavy atom. The molecule has 3 rings (SSSR count). The third kappa shape index (κ3) is 3.22. The van der Waals surface area contributed by atoms with Crippen LogP contribution in [0.4, 0.5) is 5.82 Å². The van der Waals surface area contributed by atoms with Gasteiger partial charge in [-0.25, -0.2) is 4.98 Å². The molecule has 0 saturated carbocycles. The number of benzene rings is 1. The van der Waals surface area contributed by atoms with Gasteiger partial charge in [0, 0.05) is 12.1 Å². The number of nitrogens with one attached hydrogen (secondary N) is 1. The fraction of sp³-hybridized carbons (Fsp3) is 0.389. The summed E-state index contributed by atoms with van der Waals surface area (Å²) in [6.45, 7) is 6.33. The van der Waals surface area contributed by atoms with E-state index in [9.17, 15) is 0 Å². The van der Waals surface area contributed by atoms with E-state index in [0.29, 0.717) is 11.7 Å². The van der Waals surface area contributed by atoms with Gasteiger partial charge in [0.05, 0.1) is 5.69 Å². The van der Waals surface area contributed by atoms with Crippen LogP contribution in [0.3, 0.4) is 0 Å². The van der Waals surface area contributed by atoms with Crippen molar-refractivity contribution >= 4 is 5.82 Å². The average molecular weight is 297 g/mol. The number of ether oxygens (including phenoxy) is 1. The van der Waals surface area contributed by atoms with Crippen molar-refractivity contribution in [2.45, 2.75) is 32.3 Å². The second-order valence-electron chi connectivity index (χ2n) is 6.08. The summed E-state index contributed by atoms with van der Waals surface area (Å²) < 4.78 is 6.07. The Labute approximate surface area is 131 Å². The first-order chi connectivity index (χ1) is 10.6. The van der Waals surface area contributed by atoms with Crippen LogP contribution in [0.25, 0.3) is 11.3 Å². The largest absolute Gasteiger partial charge is 0.489 e. The molecule has 116 valence electrons. The normalized spacial score (nSPS) is 17.9. The van der Waals surface area contributed by atoms with E-state index in [1.807, 2.05) is 24.3 Å². The number of hydrogen-bond acceptors (Lipinski definition) is 4. The highest BCUT2D eigenvalue weighted by Crippen LogP contribution is 2.32. The van der Waals surface area contributed by atoms with E-state index in [1.165, 1.54) is 5.56 Å². The van der Waals surface area contributed by atoms with E-state index in [-0.39, 0.29) is 6.10 Å². The molecular weight excluding hydrogens is 274 g/mol. The summed E-state index contributed by atoms with van der Waals surface area (Å²) in [5.41, 5.74) is 9.09. The molecule has 0 bridgehead atoms. The molecule has 4 nitrogen and oxygen atoms in total. The topological polar surface area (TPSA) is 60.2 Å². The van der Waals surface area contributed by atoms with Crippen LogP contribution in [-0.4, -0.2) is 24.2 Å². The zero-order valence-corrected chi connectivity index (χ0v) is 13.2. The second kappa shape index (κ2) is 6.36. The minimum Gasteiger partial charge on any atom is -0.489 e. The van der Waals surface area contributed by atoms with Crippen molar-refractivity contribution in [2.24, 2.45) is 0 Å². The second-order valence-corrected chi connectivity index (χ2v) is 6.08. The molecule has 1 saturated heterocycles. The van der Waals surface area contributed by atoms with Crippen LogP contribution in [0, 0.1) is 0 Å². The Morgan fingerprint density at radius 3 is 2.82 bits per heavy atom. The predicted molar refractivity (Wildman–Crippen MR) is 90.1 cm³/mol. The first kappa shape index (κ1) is 14.9. The predicted octanol–water partition coefficient (Wildman–Crippen LogP) is 3.19. The van der Waals surface area contributed by atoms with Gasteiger partial charge in [0.15, 0.2) is 0 Å². The van der Waals surface area contributed by atoms with E-state index >= 15 is 0 Å². The van der Waals surface area contributed by atoms with Crippen LogP contribution in [0.15, 0.2) is 36.4 Å². The zero-order valence-electron chi connectivity index (χ0n) is 13.2. The van der Waals surface area contributed by atoms with Gasteiger partial charge in [-0.15, -0.1) is 0 Å². The highest BCUT2D eigenvalue weighted by atomic mass is 16.5. The highest BCUT2D eigenvalue weighted by Gasteiger charge is 2.17. The molecular formula is C18H23N3O. The lowest BCUT2D eigenvalue weighted by Gasteiger charge is -2.17. The van der Waals surface area contributed by atoms with E-state index in [0.717, 1.165) is 36.5 Å². The summed E-state index contributed by atoms with van der Waals surface area (Å²) in [7, 11) is 0. The van der Waals surface area contributed by atoms with Crippen molar-refractivity contribution in [2.75, 3.05) is 18.8 Å². The monoisotopic (exact) mass is 297 g/mol. The first-order valence-electron chi connectivity index (χ1n) is 7.87. The van der Waals surface area contributed by atoms with Crippen molar-refractivity contribution < 1.29 is 4.74 Å². The van der Waals surface area contributed by atoms with Gasteiger partial charge in [0.2, 0.25) is 0 Å². The zero-order chi connectivity index (χ0) is 15.5. The van der Waals surface area contributed by atoms with Crippen molar-refractivity contribution in [1.29, 1.82) is 0 Å². The molecule has 0 radical (unpaired) electrons. The average Bonchev–Trinajstić information content (AvgIpc) is 3.00. The molecule has 0 spiro atoms. The molecule has 1 unspecified atom stereocenters. The summed E-state index contributed by atoms with van der Waals surface area (Å²) in [6.07, 6.45) is 1.34. The van der Waals surface area contributed by atoms with Crippen LogP contribution in [-0.2, 0) is 0 Å². The van der Waals surface area contributed by atoms with Gasteiger partial charge in [-0.05, 0) is 54.8 Å². The molecule has 3 N–H and O–H groups in total. The van der Waals surface area contributed by atoms with Gasteiger partial charge < -0.3 is 15.8 Å². The lowest BCUT2D eigenvalue weighted by Crippen LogP contribution is -2.19.